The van der Waals surface area contributed by atoms with E-state index in [2.05, 4.69) is 20.6 Å². The summed E-state index contributed by atoms with van der Waals surface area (Å²) >= 11 is 0. The average Bonchev–Trinajstić information content (AvgIpc) is 2.72. The van der Waals surface area contributed by atoms with E-state index in [1.165, 1.54) is 23.3 Å². The lowest BCUT2D eigenvalue weighted by Gasteiger charge is -2.36. The van der Waals surface area contributed by atoms with Crippen LogP contribution in [0, 0.1) is 5.41 Å². The number of hydrogen-bond acceptors (Lipinski definition) is 6. The van der Waals surface area contributed by atoms with Crippen molar-refractivity contribution >= 4 is 22.8 Å². The molecule has 0 unspecified atom stereocenters. The number of fused-ring (bicyclic) bond motifs is 1. The van der Waals surface area contributed by atoms with E-state index in [0.29, 0.717) is 42.4 Å². The van der Waals surface area contributed by atoms with E-state index >= 15 is 0 Å². The summed E-state index contributed by atoms with van der Waals surface area (Å²) in [5.74, 6) is 5.35. The Labute approximate surface area is 166 Å². The number of rotatable bonds is 5. The van der Waals surface area contributed by atoms with Gasteiger partial charge in [-0.05, 0) is 31.0 Å². The van der Waals surface area contributed by atoms with E-state index < -0.39 is 6.61 Å². The van der Waals surface area contributed by atoms with Crippen molar-refractivity contribution in [2.75, 3.05) is 20.1 Å². The highest BCUT2D eigenvalue weighted by molar-refractivity contribution is 5.97. The number of guanidine groups is 1. The second kappa shape index (κ2) is 8.97. The Hall–Kier alpha value is -3.05. The third-order valence-electron chi connectivity index (χ3n) is 4.78. The first-order valence-corrected chi connectivity index (χ1v) is 9.06. The number of alkyl halides is 2. The molecule has 0 aliphatic carbocycles. The molecule has 11 heteroatoms. The highest BCUT2D eigenvalue weighted by atomic mass is 19.3. The fourth-order valence-corrected chi connectivity index (χ4v) is 3.18. The van der Waals surface area contributed by atoms with Crippen molar-refractivity contribution in [1.82, 2.24) is 25.7 Å². The van der Waals surface area contributed by atoms with Crippen LogP contribution in [0.5, 0.6) is 5.75 Å². The molecule has 1 fully saturated rings. The van der Waals surface area contributed by atoms with Crippen LogP contribution in [-0.4, -0.2) is 59.6 Å². The molecular formula is C18H23F2N7O2. The number of amides is 1. The maximum Gasteiger partial charge on any atom is 0.387 e. The molecule has 1 aromatic carbocycles. The molecule has 5 N–H and O–H groups in total. The van der Waals surface area contributed by atoms with E-state index in [-0.39, 0.29) is 23.7 Å². The van der Waals surface area contributed by atoms with Gasteiger partial charge in [0, 0.05) is 43.8 Å². The van der Waals surface area contributed by atoms with Crippen LogP contribution in [0.2, 0.25) is 0 Å². The van der Waals surface area contributed by atoms with Crippen LogP contribution < -0.4 is 21.4 Å². The standard InChI is InChI=1S/C18H23F2N7O2/c1-26(25-22)18(21)27-6-4-13(5-7-27)24-16(28)12-8-11-2-3-14(29-17(19)20)9-15(11)23-10-12/h2-3,8-10,13,17,21,25H,4-7,22H2,1H3,(H,24,28). The minimum absolute atomic E-state index is 0.0137. The lowest BCUT2D eigenvalue weighted by molar-refractivity contribution is -0.0497. The first kappa shape index (κ1) is 20.7. The van der Waals surface area contributed by atoms with Crippen LogP contribution >= 0.6 is 0 Å². The maximum atomic E-state index is 12.6. The summed E-state index contributed by atoms with van der Waals surface area (Å²) in [5, 5.41) is 13.1. The SMILES string of the molecule is CN(NN)C(=N)N1CCC(NC(=O)c2cnc3cc(OC(F)F)ccc3c2)CC1. The number of aromatic nitrogens is 1. The smallest absolute Gasteiger partial charge is 0.387 e. The molecule has 29 heavy (non-hydrogen) atoms. The number of halogens is 2. The number of ether oxygens (including phenoxy) is 1. The second-order valence-corrected chi connectivity index (χ2v) is 6.70. The number of hydrogen-bond donors (Lipinski definition) is 4. The van der Waals surface area contributed by atoms with Gasteiger partial charge in [-0.1, -0.05) is 0 Å². The number of nitrogens with one attached hydrogen (secondary N) is 3. The largest absolute Gasteiger partial charge is 0.435 e. The van der Waals surface area contributed by atoms with Gasteiger partial charge in [0.1, 0.15) is 5.75 Å². The minimum atomic E-state index is -2.90. The molecule has 3 rings (SSSR count). The second-order valence-electron chi connectivity index (χ2n) is 6.70. The Balaban J connectivity index is 1.59. The van der Waals surface area contributed by atoms with E-state index in [0.717, 1.165) is 0 Å². The number of carbonyl (C=O) groups excluding carboxylic acids is 1. The Morgan fingerprint density at radius 1 is 1.38 bits per heavy atom. The van der Waals surface area contributed by atoms with E-state index in [1.54, 1.807) is 19.2 Å². The van der Waals surface area contributed by atoms with Gasteiger partial charge in [-0.25, -0.2) is 0 Å². The average molecular weight is 407 g/mol. The number of hydrazine groups is 2. The van der Waals surface area contributed by atoms with Crippen molar-refractivity contribution in [3.63, 3.8) is 0 Å². The summed E-state index contributed by atoms with van der Waals surface area (Å²) in [6, 6.07) is 6.05. The molecule has 1 aromatic heterocycles. The monoisotopic (exact) mass is 407 g/mol. The zero-order chi connectivity index (χ0) is 21.0. The quantitative estimate of drug-likeness (QED) is 0.255. The number of carbonyl (C=O) groups is 1. The molecule has 0 saturated carbocycles. The van der Waals surface area contributed by atoms with Gasteiger partial charge in [-0.15, -0.1) is 0 Å². The molecule has 1 aliphatic heterocycles. The van der Waals surface area contributed by atoms with Crippen LogP contribution in [-0.2, 0) is 0 Å². The summed E-state index contributed by atoms with van der Waals surface area (Å²) in [4.78, 5) is 18.6. The zero-order valence-electron chi connectivity index (χ0n) is 15.9. The topological polar surface area (TPSA) is 120 Å². The predicted molar refractivity (Wildman–Crippen MR) is 103 cm³/mol. The first-order valence-electron chi connectivity index (χ1n) is 9.06. The van der Waals surface area contributed by atoms with Gasteiger partial charge >= 0.3 is 6.61 Å². The summed E-state index contributed by atoms with van der Waals surface area (Å²) < 4.78 is 29.0. The summed E-state index contributed by atoms with van der Waals surface area (Å²) in [5.41, 5.74) is 3.25. The summed E-state index contributed by atoms with van der Waals surface area (Å²) in [6.07, 6.45) is 2.81. The number of benzene rings is 1. The molecule has 1 amide bonds. The van der Waals surface area contributed by atoms with Gasteiger partial charge in [0.25, 0.3) is 5.91 Å². The Morgan fingerprint density at radius 2 is 2.10 bits per heavy atom. The highest BCUT2D eigenvalue weighted by Gasteiger charge is 2.24. The molecule has 0 spiro atoms. The van der Waals surface area contributed by atoms with E-state index in [4.69, 9.17) is 11.3 Å². The van der Waals surface area contributed by atoms with Gasteiger partial charge in [0.15, 0.2) is 0 Å². The fraction of sp³-hybridized carbons (Fsp3) is 0.389. The van der Waals surface area contributed by atoms with Gasteiger partial charge < -0.3 is 15.0 Å². The molecule has 0 atom stereocenters. The van der Waals surface area contributed by atoms with Gasteiger partial charge in [0.2, 0.25) is 5.96 Å². The van der Waals surface area contributed by atoms with Crippen molar-refractivity contribution in [2.24, 2.45) is 5.84 Å². The van der Waals surface area contributed by atoms with Crippen molar-refractivity contribution in [2.45, 2.75) is 25.5 Å². The molecule has 156 valence electrons. The molecule has 9 nitrogen and oxygen atoms in total. The lowest BCUT2D eigenvalue weighted by atomic mass is 10.0. The van der Waals surface area contributed by atoms with Gasteiger partial charge in [0.05, 0.1) is 11.1 Å². The van der Waals surface area contributed by atoms with Crippen molar-refractivity contribution in [3.05, 3.63) is 36.0 Å². The third-order valence-corrected chi connectivity index (χ3v) is 4.78. The first-order chi connectivity index (χ1) is 13.9. The zero-order valence-corrected chi connectivity index (χ0v) is 15.9. The van der Waals surface area contributed by atoms with Crippen LogP contribution in [0.1, 0.15) is 23.2 Å². The molecule has 0 bridgehead atoms. The molecule has 1 saturated heterocycles. The Kier molecular flexibility index (Phi) is 6.39. The maximum absolute atomic E-state index is 12.6. The van der Waals surface area contributed by atoms with E-state index in [9.17, 15) is 13.6 Å². The number of nitrogens with zero attached hydrogens (tertiary/aromatic N) is 3. The molecular weight excluding hydrogens is 384 g/mol. The predicted octanol–water partition coefficient (Wildman–Crippen LogP) is 1.28. The van der Waals surface area contributed by atoms with Gasteiger partial charge in [-0.2, -0.15) is 14.3 Å². The molecule has 2 aromatic rings. The number of pyridine rings is 1. The van der Waals surface area contributed by atoms with Gasteiger partial charge in [-0.3, -0.25) is 26.0 Å². The van der Waals surface area contributed by atoms with Crippen LogP contribution in [0.25, 0.3) is 10.9 Å². The summed E-state index contributed by atoms with van der Waals surface area (Å²) in [7, 11) is 1.66. The van der Waals surface area contributed by atoms with Crippen LogP contribution in [0.3, 0.4) is 0 Å². The molecule has 2 heterocycles. The molecule has 0 radical (unpaired) electrons. The van der Waals surface area contributed by atoms with Crippen molar-refractivity contribution < 1.29 is 18.3 Å². The van der Waals surface area contributed by atoms with E-state index in [1.807, 2.05) is 4.90 Å². The van der Waals surface area contributed by atoms with Crippen LogP contribution in [0.15, 0.2) is 30.5 Å². The minimum Gasteiger partial charge on any atom is -0.435 e. The number of likely N-dealkylation sites (tertiary alicyclic amines) is 1. The molecule has 1 aliphatic rings. The summed E-state index contributed by atoms with van der Waals surface area (Å²) in [6.45, 7) is -1.66. The highest BCUT2D eigenvalue weighted by Crippen LogP contribution is 2.22. The number of nitrogens with two attached hydrogens (primary N) is 1. The number of piperidine rings is 1. The Morgan fingerprint density at radius 3 is 2.76 bits per heavy atom. The van der Waals surface area contributed by atoms with Crippen molar-refractivity contribution in [1.29, 1.82) is 5.41 Å². The Bertz CT molecular complexity index is 888. The van der Waals surface area contributed by atoms with Crippen molar-refractivity contribution in [3.8, 4) is 5.75 Å². The third kappa shape index (κ3) is 5.06. The lowest BCUT2D eigenvalue weighted by Crippen LogP contribution is -2.54. The van der Waals surface area contributed by atoms with Crippen LogP contribution in [0.4, 0.5) is 8.78 Å². The normalized spacial score (nSPS) is 14.9. The fourth-order valence-electron chi connectivity index (χ4n) is 3.18.